The van der Waals surface area contributed by atoms with Crippen molar-refractivity contribution in [3.8, 4) is 23.0 Å². The van der Waals surface area contributed by atoms with E-state index >= 15 is 0 Å². The fourth-order valence-electron chi connectivity index (χ4n) is 4.46. The lowest BCUT2D eigenvalue weighted by Crippen LogP contribution is -2.42. The second-order valence-electron chi connectivity index (χ2n) is 8.09. The summed E-state index contributed by atoms with van der Waals surface area (Å²) in [6, 6.07) is 12.1. The van der Waals surface area contributed by atoms with Crippen molar-refractivity contribution in [1.82, 2.24) is 5.32 Å². The Morgan fingerprint density at radius 2 is 1.74 bits per heavy atom. The van der Waals surface area contributed by atoms with E-state index in [0.29, 0.717) is 37.2 Å². The number of fused-ring (bicyclic) bond motifs is 1. The van der Waals surface area contributed by atoms with Crippen LogP contribution in [0.5, 0.6) is 23.0 Å². The molecule has 3 N–H and O–H groups in total. The molecule has 166 valence electrons. The first-order chi connectivity index (χ1) is 15.1. The number of rotatable bonds is 7. The van der Waals surface area contributed by atoms with Gasteiger partial charge in [-0.1, -0.05) is 25.0 Å². The number of hydrogen-bond donors (Lipinski definition) is 2. The average Bonchev–Trinajstić information content (AvgIpc) is 3.31. The van der Waals surface area contributed by atoms with E-state index in [1.807, 2.05) is 24.3 Å². The van der Waals surface area contributed by atoms with Gasteiger partial charge in [0.15, 0.2) is 29.0 Å². The van der Waals surface area contributed by atoms with E-state index < -0.39 is 0 Å². The van der Waals surface area contributed by atoms with Crippen LogP contribution in [0.4, 0.5) is 0 Å². The standard InChI is InChI=1S/C24H31N3O4/c1-28-19-7-5-17(13-21(19)29-2)15-26-23(25)27-16-24(9-3-4-10-24)18-6-8-20-22(14-18)31-12-11-30-20/h5-8,13-14H,3-4,9-12,15-16H2,1-2H3,(H3,25,26,27). The average molecular weight is 426 g/mol. The van der Waals surface area contributed by atoms with Gasteiger partial charge in [0.05, 0.1) is 20.8 Å². The summed E-state index contributed by atoms with van der Waals surface area (Å²) in [5.74, 6) is 3.49. The number of methoxy groups -OCH3 is 2. The zero-order valence-corrected chi connectivity index (χ0v) is 18.3. The van der Waals surface area contributed by atoms with E-state index in [4.69, 9.17) is 24.7 Å². The van der Waals surface area contributed by atoms with Gasteiger partial charge in [0.2, 0.25) is 0 Å². The molecule has 4 rings (SSSR count). The summed E-state index contributed by atoms with van der Waals surface area (Å²) in [5, 5.41) is 3.37. The van der Waals surface area contributed by atoms with Gasteiger partial charge in [0, 0.05) is 12.0 Å². The molecular formula is C24H31N3O4. The van der Waals surface area contributed by atoms with E-state index in [1.165, 1.54) is 18.4 Å². The lowest BCUT2D eigenvalue weighted by atomic mass is 9.78. The zero-order chi connectivity index (χ0) is 21.7. The van der Waals surface area contributed by atoms with E-state index in [-0.39, 0.29) is 5.41 Å². The Kier molecular flexibility index (Phi) is 6.39. The highest BCUT2D eigenvalue weighted by Gasteiger charge is 2.36. The Balaban J connectivity index is 1.43. The summed E-state index contributed by atoms with van der Waals surface area (Å²) in [5.41, 5.74) is 8.52. The van der Waals surface area contributed by atoms with Crippen molar-refractivity contribution in [2.24, 2.45) is 10.7 Å². The van der Waals surface area contributed by atoms with Crippen molar-refractivity contribution >= 4 is 5.96 Å². The molecule has 0 amide bonds. The van der Waals surface area contributed by atoms with Crippen LogP contribution < -0.4 is 30.0 Å². The summed E-state index contributed by atoms with van der Waals surface area (Å²) in [6.45, 7) is 2.41. The van der Waals surface area contributed by atoms with E-state index in [1.54, 1.807) is 14.2 Å². The molecule has 7 nitrogen and oxygen atoms in total. The van der Waals surface area contributed by atoms with Gasteiger partial charge < -0.3 is 30.0 Å². The molecule has 0 saturated heterocycles. The number of nitrogens with two attached hydrogens (primary N) is 1. The molecule has 1 aliphatic heterocycles. The van der Waals surface area contributed by atoms with Crippen LogP contribution in [-0.2, 0) is 12.0 Å². The van der Waals surface area contributed by atoms with Gasteiger partial charge >= 0.3 is 0 Å². The van der Waals surface area contributed by atoms with Gasteiger partial charge in [0.1, 0.15) is 13.2 Å². The summed E-state index contributed by atoms with van der Waals surface area (Å²) >= 11 is 0. The summed E-state index contributed by atoms with van der Waals surface area (Å²) < 4.78 is 22.1. The van der Waals surface area contributed by atoms with Crippen LogP contribution >= 0.6 is 0 Å². The number of ether oxygens (including phenoxy) is 4. The van der Waals surface area contributed by atoms with Crippen LogP contribution in [0.3, 0.4) is 0 Å². The highest BCUT2D eigenvalue weighted by atomic mass is 16.6. The molecular weight excluding hydrogens is 394 g/mol. The Bertz CT molecular complexity index is 938. The number of aliphatic imine (C=N–C) groups is 1. The molecule has 1 heterocycles. The minimum absolute atomic E-state index is 0.0271. The summed E-state index contributed by atoms with van der Waals surface area (Å²) in [7, 11) is 3.25. The van der Waals surface area contributed by atoms with Gasteiger partial charge in [-0.25, -0.2) is 4.99 Å². The van der Waals surface area contributed by atoms with Crippen LogP contribution in [0, 0.1) is 0 Å². The minimum atomic E-state index is 0.0271. The molecule has 7 heteroatoms. The van der Waals surface area contributed by atoms with E-state index in [0.717, 1.165) is 36.4 Å². The lowest BCUT2D eigenvalue weighted by Gasteiger charge is -2.31. The monoisotopic (exact) mass is 425 g/mol. The van der Waals surface area contributed by atoms with Gasteiger partial charge in [-0.2, -0.15) is 0 Å². The van der Waals surface area contributed by atoms with Crippen molar-refractivity contribution in [1.29, 1.82) is 0 Å². The first-order valence-electron chi connectivity index (χ1n) is 10.8. The summed E-state index contributed by atoms with van der Waals surface area (Å²) in [6.07, 6.45) is 4.64. The number of hydrogen-bond acceptors (Lipinski definition) is 5. The van der Waals surface area contributed by atoms with Crippen LogP contribution in [0.25, 0.3) is 0 Å². The molecule has 2 aliphatic rings. The van der Waals surface area contributed by atoms with E-state index in [2.05, 4.69) is 22.4 Å². The first-order valence-corrected chi connectivity index (χ1v) is 10.8. The van der Waals surface area contributed by atoms with Crippen LogP contribution in [0.15, 0.2) is 41.4 Å². The molecule has 0 aromatic heterocycles. The highest BCUT2D eigenvalue weighted by Crippen LogP contribution is 2.43. The van der Waals surface area contributed by atoms with Crippen molar-refractivity contribution in [3.05, 3.63) is 47.5 Å². The van der Waals surface area contributed by atoms with Crippen molar-refractivity contribution < 1.29 is 18.9 Å². The first kappa shape index (κ1) is 21.2. The lowest BCUT2D eigenvalue weighted by molar-refractivity contribution is 0.171. The Hall–Kier alpha value is -3.09. The molecule has 0 radical (unpaired) electrons. The Morgan fingerprint density at radius 1 is 1.00 bits per heavy atom. The normalized spacial score (nSPS) is 17.3. The molecule has 1 saturated carbocycles. The highest BCUT2D eigenvalue weighted by molar-refractivity contribution is 5.78. The molecule has 2 aromatic carbocycles. The maximum absolute atomic E-state index is 6.21. The zero-order valence-electron chi connectivity index (χ0n) is 18.3. The minimum Gasteiger partial charge on any atom is -0.493 e. The number of nitrogens with zero attached hydrogens (tertiary/aromatic N) is 1. The molecule has 1 aliphatic carbocycles. The smallest absolute Gasteiger partial charge is 0.188 e. The number of benzene rings is 2. The molecule has 0 unspecified atom stereocenters. The third-order valence-electron chi connectivity index (χ3n) is 6.20. The van der Waals surface area contributed by atoms with Crippen molar-refractivity contribution in [2.45, 2.75) is 37.6 Å². The topological polar surface area (TPSA) is 87.3 Å². The molecule has 0 atom stereocenters. The number of guanidine groups is 1. The fraction of sp³-hybridized carbons (Fsp3) is 0.458. The van der Waals surface area contributed by atoms with Gasteiger partial charge in [-0.05, 0) is 48.2 Å². The maximum atomic E-state index is 6.21. The van der Waals surface area contributed by atoms with Crippen LogP contribution in [-0.4, -0.2) is 39.9 Å². The van der Waals surface area contributed by atoms with Crippen LogP contribution in [0.2, 0.25) is 0 Å². The second kappa shape index (κ2) is 9.37. The van der Waals surface area contributed by atoms with E-state index in [9.17, 15) is 0 Å². The van der Waals surface area contributed by atoms with Gasteiger partial charge in [0.25, 0.3) is 0 Å². The van der Waals surface area contributed by atoms with Gasteiger partial charge in [-0.3, -0.25) is 0 Å². The second-order valence-corrected chi connectivity index (χ2v) is 8.09. The third kappa shape index (κ3) is 4.65. The predicted octanol–water partition coefficient (Wildman–Crippen LogP) is 3.39. The molecule has 0 bridgehead atoms. The van der Waals surface area contributed by atoms with Crippen LogP contribution in [0.1, 0.15) is 36.8 Å². The fourth-order valence-corrected chi connectivity index (χ4v) is 4.46. The quantitative estimate of drug-likeness (QED) is 0.522. The van der Waals surface area contributed by atoms with Gasteiger partial charge in [-0.15, -0.1) is 0 Å². The molecule has 2 aromatic rings. The van der Waals surface area contributed by atoms with Crippen molar-refractivity contribution in [3.63, 3.8) is 0 Å². The SMILES string of the molecule is COc1ccc(CN=C(N)NCC2(c3ccc4c(c3)OCCO4)CCCC2)cc1OC. The number of nitrogens with one attached hydrogen (secondary N) is 1. The Morgan fingerprint density at radius 3 is 2.48 bits per heavy atom. The molecule has 0 spiro atoms. The Labute approximate surface area is 183 Å². The largest absolute Gasteiger partial charge is 0.493 e. The molecule has 1 fully saturated rings. The third-order valence-corrected chi connectivity index (χ3v) is 6.20. The van der Waals surface area contributed by atoms with Crippen molar-refractivity contribution in [2.75, 3.05) is 34.0 Å². The summed E-state index contributed by atoms with van der Waals surface area (Å²) in [4.78, 5) is 4.52. The maximum Gasteiger partial charge on any atom is 0.188 e. The molecule has 31 heavy (non-hydrogen) atoms. The predicted molar refractivity (Wildman–Crippen MR) is 120 cm³/mol.